The molecule has 4 rings (SSSR count). The molecule has 25 heavy (non-hydrogen) atoms. The molecule has 2 fully saturated rings. The van der Waals surface area contributed by atoms with Crippen LogP contribution in [0.3, 0.4) is 0 Å². The molecular weight excluding hydrogens is 352 g/mol. The lowest BCUT2D eigenvalue weighted by Crippen LogP contribution is -2.28. The van der Waals surface area contributed by atoms with Gasteiger partial charge in [0, 0.05) is 25.2 Å². The molecule has 0 atom stereocenters. The first-order valence-electron chi connectivity index (χ1n) is 8.40. The lowest BCUT2D eigenvalue weighted by Gasteiger charge is -2.25. The molecule has 1 amide bonds. The fourth-order valence-electron chi connectivity index (χ4n) is 3.10. The van der Waals surface area contributed by atoms with E-state index < -0.39 is 0 Å². The van der Waals surface area contributed by atoms with Crippen LogP contribution in [0.4, 0.5) is 11.6 Å². The Labute approximate surface area is 156 Å². The summed E-state index contributed by atoms with van der Waals surface area (Å²) in [6, 6.07) is 13.4. The Balaban J connectivity index is 1.55. The van der Waals surface area contributed by atoms with Crippen molar-refractivity contribution in [2.24, 2.45) is 0 Å². The van der Waals surface area contributed by atoms with Crippen LogP contribution in [0.25, 0.3) is 6.08 Å². The first-order valence-corrected chi connectivity index (χ1v) is 9.63. The number of thioether (sulfide) groups is 1. The third-order valence-corrected chi connectivity index (χ3v) is 5.66. The van der Waals surface area contributed by atoms with Crippen molar-refractivity contribution in [2.45, 2.75) is 19.3 Å². The maximum absolute atomic E-state index is 12.7. The number of nitrogens with zero attached hydrogens (tertiary/aromatic N) is 2. The van der Waals surface area contributed by atoms with E-state index in [1.54, 1.807) is 11.0 Å². The number of anilines is 2. The molecule has 0 spiro atoms. The van der Waals surface area contributed by atoms with Crippen LogP contribution in [0.15, 0.2) is 51.8 Å². The van der Waals surface area contributed by atoms with E-state index in [0.29, 0.717) is 15.0 Å². The molecule has 0 N–H and O–H groups in total. The number of thiocarbonyl (C=S) groups is 1. The van der Waals surface area contributed by atoms with Crippen molar-refractivity contribution in [3.05, 3.63) is 53.1 Å². The Hall–Kier alpha value is -2.05. The van der Waals surface area contributed by atoms with E-state index >= 15 is 0 Å². The highest BCUT2D eigenvalue weighted by Crippen LogP contribution is 2.36. The van der Waals surface area contributed by atoms with Gasteiger partial charge in [0.2, 0.25) is 0 Å². The monoisotopic (exact) mass is 370 g/mol. The zero-order valence-corrected chi connectivity index (χ0v) is 15.3. The first kappa shape index (κ1) is 16.4. The van der Waals surface area contributed by atoms with Crippen LogP contribution in [0.5, 0.6) is 0 Å². The van der Waals surface area contributed by atoms with Gasteiger partial charge in [-0.05, 0) is 37.5 Å². The highest BCUT2D eigenvalue weighted by Gasteiger charge is 2.33. The maximum Gasteiger partial charge on any atom is 0.270 e. The average molecular weight is 370 g/mol. The standard InChI is InChI=1S/C19H18N2O2S2/c22-18-16(25-19(24)21(18)14-7-3-1-4-8-14)13-15-9-10-17(23-15)20-11-5-2-6-12-20/h1,3-4,7-10,13H,2,5-6,11-12H2/b16-13+. The van der Waals surface area contributed by atoms with Crippen molar-refractivity contribution in [1.29, 1.82) is 0 Å². The second kappa shape index (κ2) is 7.06. The molecule has 0 bridgehead atoms. The molecule has 4 nitrogen and oxygen atoms in total. The van der Waals surface area contributed by atoms with E-state index in [1.165, 1.54) is 31.0 Å². The molecule has 2 aliphatic heterocycles. The van der Waals surface area contributed by atoms with E-state index in [0.717, 1.165) is 24.7 Å². The topological polar surface area (TPSA) is 36.7 Å². The summed E-state index contributed by atoms with van der Waals surface area (Å²) >= 11 is 6.70. The largest absolute Gasteiger partial charge is 0.441 e. The van der Waals surface area contributed by atoms with Crippen molar-refractivity contribution in [1.82, 2.24) is 0 Å². The van der Waals surface area contributed by atoms with E-state index in [1.807, 2.05) is 42.5 Å². The van der Waals surface area contributed by atoms with Gasteiger partial charge in [-0.1, -0.05) is 42.2 Å². The number of furan rings is 1. The number of hydrogen-bond acceptors (Lipinski definition) is 5. The Morgan fingerprint density at radius 3 is 2.56 bits per heavy atom. The molecule has 6 heteroatoms. The van der Waals surface area contributed by atoms with Gasteiger partial charge >= 0.3 is 0 Å². The van der Waals surface area contributed by atoms with Crippen molar-refractivity contribution < 1.29 is 9.21 Å². The van der Waals surface area contributed by atoms with E-state index in [2.05, 4.69) is 4.90 Å². The number of benzene rings is 1. The van der Waals surface area contributed by atoms with Crippen LogP contribution in [0.1, 0.15) is 25.0 Å². The third kappa shape index (κ3) is 3.37. The summed E-state index contributed by atoms with van der Waals surface area (Å²) in [5, 5.41) is 0. The summed E-state index contributed by atoms with van der Waals surface area (Å²) in [6.45, 7) is 2.06. The molecule has 0 aliphatic carbocycles. The van der Waals surface area contributed by atoms with Crippen LogP contribution in [0.2, 0.25) is 0 Å². The number of hydrogen-bond donors (Lipinski definition) is 0. The highest BCUT2D eigenvalue weighted by molar-refractivity contribution is 8.27. The van der Waals surface area contributed by atoms with E-state index in [4.69, 9.17) is 16.6 Å². The number of amides is 1. The normalized spacial score (nSPS) is 19.9. The summed E-state index contributed by atoms with van der Waals surface area (Å²) in [4.78, 5) is 17.1. The lowest BCUT2D eigenvalue weighted by atomic mass is 10.1. The van der Waals surface area contributed by atoms with Gasteiger partial charge in [-0.25, -0.2) is 0 Å². The van der Waals surface area contributed by atoms with Gasteiger partial charge in [-0.3, -0.25) is 9.69 Å². The lowest BCUT2D eigenvalue weighted by molar-refractivity contribution is -0.113. The van der Waals surface area contributed by atoms with Crippen molar-refractivity contribution in [2.75, 3.05) is 22.9 Å². The third-order valence-electron chi connectivity index (χ3n) is 4.36. The SMILES string of the molecule is O=C1/C(=C\c2ccc(N3CCCCC3)o2)SC(=S)N1c1ccccc1. The van der Waals surface area contributed by atoms with Crippen LogP contribution in [-0.4, -0.2) is 23.3 Å². The number of carbonyl (C=O) groups excluding carboxylic acids is 1. The number of piperidine rings is 1. The van der Waals surface area contributed by atoms with Gasteiger partial charge in [0.05, 0.1) is 10.6 Å². The maximum atomic E-state index is 12.7. The Morgan fingerprint density at radius 2 is 1.80 bits per heavy atom. The minimum atomic E-state index is -0.0999. The number of para-hydroxylation sites is 1. The molecule has 0 saturated carbocycles. The van der Waals surface area contributed by atoms with Crippen LogP contribution >= 0.6 is 24.0 Å². The second-order valence-electron chi connectivity index (χ2n) is 6.08. The molecule has 0 radical (unpaired) electrons. The first-order chi connectivity index (χ1) is 12.2. The molecular formula is C19H18N2O2S2. The van der Waals surface area contributed by atoms with E-state index in [-0.39, 0.29) is 5.91 Å². The number of rotatable bonds is 3. The van der Waals surface area contributed by atoms with Gasteiger partial charge in [-0.2, -0.15) is 0 Å². The predicted octanol–water partition coefficient (Wildman–Crippen LogP) is 4.68. The second-order valence-corrected chi connectivity index (χ2v) is 7.75. The fraction of sp³-hybridized carbons (Fsp3) is 0.263. The van der Waals surface area contributed by atoms with Gasteiger partial charge in [0.25, 0.3) is 5.91 Å². The molecule has 1 aromatic heterocycles. The molecule has 2 aliphatic rings. The molecule has 128 valence electrons. The Bertz CT molecular complexity index is 823. The van der Waals surface area contributed by atoms with Crippen molar-refractivity contribution in [3.8, 4) is 0 Å². The zero-order chi connectivity index (χ0) is 17.2. The quantitative estimate of drug-likeness (QED) is 0.579. The molecule has 3 heterocycles. The highest BCUT2D eigenvalue weighted by atomic mass is 32.2. The molecule has 2 aromatic rings. The summed E-state index contributed by atoms with van der Waals surface area (Å²) in [6.07, 6.45) is 5.47. The Morgan fingerprint density at radius 1 is 1.04 bits per heavy atom. The summed E-state index contributed by atoms with van der Waals surface area (Å²) in [7, 11) is 0. The van der Waals surface area contributed by atoms with Gasteiger partial charge in [-0.15, -0.1) is 0 Å². The molecule has 2 saturated heterocycles. The van der Waals surface area contributed by atoms with Crippen LogP contribution < -0.4 is 9.80 Å². The average Bonchev–Trinajstić information content (AvgIpc) is 3.22. The van der Waals surface area contributed by atoms with E-state index in [9.17, 15) is 4.79 Å². The van der Waals surface area contributed by atoms with Gasteiger partial charge in [0.1, 0.15) is 5.76 Å². The Kier molecular flexibility index (Phi) is 4.63. The van der Waals surface area contributed by atoms with Crippen molar-refractivity contribution in [3.63, 3.8) is 0 Å². The molecule has 0 unspecified atom stereocenters. The van der Waals surface area contributed by atoms with Gasteiger partial charge < -0.3 is 9.32 Å². The van der Waals surface area contributed by atoms with Crippen LogP contribution in [0, 0.1) is 0 Å². The summed E-state index contributed by atoms with van der Waals surface area (Å²) in [5.74, 6) is 1.47. The molecule has 1 aromatic carbocycles. The minimum absolute atomic E-state index is 0.0999. The van der Waals surface area contributed by atoms with Gasteiger partial charge in [0.15, 0.2) is 10.2 Å². The van der Waals surface area contributed by atoms with Crippen LogP contribution in [-0.2, 0) is 4.79 Å². The minimum Gasteiger partial charge on any atom is -0.441 e. The summed E-state index contributed by atoms with van der Waals surface area (Å²) < 4.78 is 6.48. The number of carbonyl (C=O) groups is 1. The fourth-order valence-corrected chi connectivity index (χ4v) is 4.38. The smallest absolute Gasteiger partial charge is 0.270 e. The van der Waals surface area contributed by atoms with Crippen molar-refractivity contribution >= 4 is 51.9 Å². The zero-order valence-electron chi connectivity index (χ0n) is 13.7. The summed E-state index contributed by atoms with van der Waals surface area (Å²) in [5.41, 5.74) is 0.793. The predicted molar refractivity (Wildman–Crippen MR) is 107 cm³/mol.